The van der Waals surface area contributed by atoms with E-state index in [0.29, 0.717) is 6.71 Å². The van der Waals surface area contributed by atoms with Crippen molar-refractivity contribution in [3.05, 3.63) is 48.5 Å². The van der Waals surface area contributed by atoms with Crippen LogP contribution in [0.2, 0.25) is 6.82 Å². The molecular formula is C14H14BN. The first-order valence-corrected chi connectivity index (χ1v) is 5.70. The van der Waals surface area contributed by atoms with E-state index in [4.69, 9.17) is 0 Å². The molecule has 0 N–H and O–H groups in total. The minimum absolute atomic E-state index is 0.489. The molecule has 0 radical (unpaired) electrons. The fraction of sp³-hybridized carbons (Fsp3) is 0.143. The minimum atomic E-state index is 0.489. The van der Waals surface area contributed by atoms with Crippen molar-refractivity contribution in [2.75, 3.05) is 11.9 Å². The lowest BCUT2D eigenvalue weighted by atomic mass is 9.40. The van der Waals surface area contributed by atoms with Crippen LogP contribution in [0.25, 0.3) is 0 Å². The smallest absolute Gasteiger partial charge is 0.211 e. The molecule has 0 spiro atoms. The summed E-state index contributed by atoms with van der Waals surface area (Å²) in [7, 11) is 2.14. The normalized spacial score (nSPS) is 13.4. The van der Waals surface area contributed by atoms with Crippen LogP contribution in [0.1, 0.15) is 0 Å². The predicted molar refractivity (Wildman–Crippen MR) is 71.8 cm³/mol. The monoisotopic (exact) mass is 207 g/mol. The summed E-state index contributed by atoms with van der Waals surface area (Å²) in [5.74, 6) is 0. The minimum Gasteiger partial charge on any atom is -0.345 e. The van der Waals surface area contributed by atoms with E-state index in [1.165, 1.54) is 22.3 Å². The van der Waals surface area contributed by atoms with Gasteiger partial charge in [-0.15, -0.1) is 0 Å². The van der Waals surface area contributed by atoms with Crippen LogP contribution in [0.15, 0.2) is 48.5 Å². The van der Waals surface area contributed by atoms with Crippen LogP contribution >= 0.6 is 0 Å². The number of rotatable bonds is 0. The van der Waals surface area contributed by atoms with Gasteiger partial charge in [0.15, 0.2) is 0 Å². The van der Waals surface area contributed by atoms with Crippen LogP contribution in [-0.4, -0.2) is 13.8 Å². The van der Waals surface area contributed by atoms with Gasteiger partial charge in [-0.2, -0.15) is 0 Å². The van der Waals surface area contributed by atoms with E-state index in [0.717, 1.165) is 0 Å². The molecule has 2 heteroatoms. The molecule has 0 atom stereocenters. The van der Waals surface area contributed by atoms with Gasteiger partial charge in [0.25, 0.3) is 0 Å². The lowest BCUT2D eigenvalue weighted by Crippen LogP contribution is -2.48. The third kappa shape index (κ3) is 1.19. The van der Waals surface area contributed by atoms with Crippen molar-refractivity contribution in [3.63, 3.8) is 0 Å². The van der Waals surface area contributed by atoms with Gasteiger partial charge in [-0.1, -0.05) is 54.1 Å². The Morgan fingerprint density at radius 2 is 1.25 bits per heavy atom. The quantitative estimate of drug-likeness (QED) is 0.597. The van der Waals surface area contributed by atoms with Crippen molar-refractivity contribution in [2.45, 2.75) is 6.82 Å². The maximum absolute atomic E-state index is 2.28. The van der Waals surface area contributed by atoms with Crippen molar-refractivity contribution in [1.29, 1.82) is 0 Å². The lowest BCUT2D eigenvalue weighted by molar-refractivity contribution is 1.22. The van der Waals surface area contributed by atoms with Crippen LogP contribution in [0, 0.1) is 0 Å². The third-order valence-corrected chi connectivity index (χ3v) is 3.53. The maximum atomic E-state index is 2.28. The number of fused-ring (bicyclic) bond motifs is 2. The van der Waals surface area contributed by atoms with Gasteiger partial charge in [0, 0.05) is 18.4 Å². The second-order valence-electron chi connectivity index (χ2n) is 4.40. The molecular weight excluding hydrogens is 193 g/mol. The number of nitrogens with zero attached hydrogens (tertiary/aromatic N) is 1. The Morgan fingerprint density at radius 1 is 0.812 bits per heavy atom. The summed E-state index contributed by atoms with van der Waals surface area (Å²) in [6.45, 7) is 2.77. The third-order valence-electron chi connectivity index (χ3n) is 3.53. The van der Waals surface area contributed by atoms with Crippen molar-refractivity contribution in [2.24, 2.45) is 0 Å². The molecule has 2 aromatic carbocycles. The van der Waals surface area contributed by atoms with E-state index in [1.807, 2.05) is 0 Å². The highest BCUT2D eigenvalue weighted by Crippen LogP contribution is 2.25. The molecule has 0 fully saturated rings. The highest BCUT2D eigenvalue weighted by molar-refractivity contribution is 6.87. The summed E-state index contributed by atoms with van der Waals surface area (Å²) in [6, 6.07) is 17.3. The zero-order valence-corrected chi connectivity index (χ0v) is 9.64. The predicted octanol–water partition coefficient (Wildman–Crippen LogP) is 2.01. The van der Waals surface area contributed by atoms with Crippen LogP contribution in [0.3, 0.4) is 0 Å². The largest absolute Gasteiger partial charge is 0.345 e. The van der Waals surface area contributed by atoms with Gasteiger partial charge < -0.3 is 4.90 Å². The molecule has 0 saturated carbocycles. The summed E-state index contributed by atoms with van der Waals surface area (Å²) < 4.78 is 0. The molecule has 78 valence electrons. The SMILES string of the molecule is CB1c2ccccc2N(C)c2ccccc21. The molecule has 0 saturated heterocycles. The first-order valence-electron chi connectivity index (χ1n) is 5.70. The maximum Gasteiger partial charge on any atom is 0.211 e. The van der Waals surface area contributed by atoms with Gasteiger partial charge in [0.05, 0.1) is 0 Å². The molecule has 0 aromatic heterocycles. The van der Waals surface area contributed by atoms with Crippen LogP contribution in [-0.2, 0) is 0 Å². The molecule has 0 aliphatic carbocycles. The van der Waals surface area contributed by atoms with Crippen molar-refractivity contribution in [1.82, 2.24) is 0 Å². The molecule has 1 aliphatic heterocycles. The summed E-state index contributed by atoms with van der Waals surface area (Å²) >= 11 is 0. The highest BCUT2D eigenvalue weighted by atomic mass is 15.1. The number of anilines is 2. The fourth-order valence-electron chi connectivity index (χ4n) is 2.62. The second-order valence-corrected chi connectivity index (χ2v) is 4.40. The first kappa shape index (κ1) is 9.53. The second kappa shape index (κ2) is 3.41. The van der Waals surface area contributed by atoms with Crippen LogP contribution in [0.5, 0.6) is 0 Å². The van der Waals surface area contributed by atoms with Crippen molar-refractivity contribution < 1.29 is 0 Å². The van der Waals surface area contributed by atoms with E-state index >= 15 is 0 Å². The Labute approximate surface area is 96.8 Å². The molecule has 0 amide bonds. The van der Waals surface area contributed by atoms with E-state index < -0.39 is 0 Å². The van der Waals surface area contributed by atoms with Gasteiger partial charge in [0.2, 0.25) is 6.71 Å². The summed E-state index contributed by atoms with van der Waals surface area (Å²) in [6.07, 6.45) is 0. The van der Waals surface area contributed by atoms with Gasteiger partial charge in [-0.05, 0) is 12.1 Å². The summed E-state index contributed by atoms with van der Waals surface area (Å²) in [5.41, 5.74) is 5.50. The Kier molecular flexibility index (Phi) is 2.03. The lowest BCUT2D eigenvalue weighted by Gasteiger charge is -2.32. The molecule has 1 heterocycles. The van der Waals surface area contributed by atoms with E-state index in [2.05, 4.69) is 67.3 Å². The van der Waals surface area contributed by atoms with Gasteiger partial charge in [-0.25, -0.2) is 0 Å². The Balaban J connectivity index is 2.26. The van der Waals surface area contributed by atoms with Gasteiger partial charge in [0.1, 0.15) is 0 Å². The highest BCUT2D eigenvalue weighted by Gasteiger charge is 2.26. The van der Waals surface area contributed by atoms with Gasteiger partial charge >= 0.3 is 0 Å². The number of hydrogen-bond acceptors (Lipinski definition) is 1. The zero-order chi connectivity index (χ0) is 11.1. The number of para-hydroxylation sites is 2. The van der Waals surface area contributed by atoms with Crippen molar-refractivity contribution >= 4 is 29.0 Å². The Morgan fingerprint density at radius 3 is 1.75 bits per heavy atom. The standard InChI is InChI=1S/C14H14BN/c1-15-11-7-3-5-9-13(11)16(2)14-10-6-4-8-12(14)15/h3-10H,1-2H3. The van der Waals surface area contributed by atoms with Crippen LogP contribution in [0.4, 0.5) is 11.4 Å². The molecule has 16 heavy (non-hydrogen) atoms. The number of benzene rings is 2. The molecule has 1 aliphatic rings. The Hall–Kier alpha value is -1.70. The van der Waals surface area contributed by atoms with E-state index in [1.54, 1.807) is 0 Å². The van der Waals surface area contributed by atoms with Gasteiger partial charge in [-0.3, -0.25) is 0 Å². The van der Waals surface area contributed by atoms with E-state index in [-0.39, 0.29) is 0 Å². The zero-order valence-electron chi connectivity index (χ0n) is 9.64. The fourth-order valence-corrected chi connectivity index (χ4v) is 2.62. The average Bonchev–Trinajstić information content (AvgIpc) is 2.36. The molecule has 0 unspecified atom stereocenters. The summed E-state index contributed by atoms with van der Waals surface area (Å²) in [4.78, 5) is 2.28. The Bertz CT molecular complexity index is 440. The summed E-state index contributed by atoms with van der Waals surface area (Å²) in [5, 5.41) is 0. The topological polar surface area (TPSA) is 3.24 Å². The average molecular weight is 207 g/mol. The molecule has 3 rings (SSSR count). The first-order chi connectivity index (χ1) is 7.79. The molecule has 0 bridgehead atoms. The number of hydrogen-bond donors (Lipinski definition) is 0. The molecule has 2 aromatic rings. The molecule has 1 nitrogen and oxygen atoms in total. The van der Waals surface area contributed by atoms with E-state index in [9.17, 15) is 0 Å². The van der Waals surface area contributed by atoms with Crippen molar-refractivity contribution in [3.8, 4) is 0 Å². The van der Waals surface area contributed by atoms with Crippen LogP contribution < -0.4 is 15.8 Å².